The third kappa shape index (κ3) is 4.53. The van der Waals surface area contributed by atoms with Crippen LogP contribution in [0.5, 0.6) is 5.75 Å². The van der Waals surface area contributed by atoms with Gasteiger partial charge in [0.1, 0.15) is 23.2 Å². The Morgan fingerprint density at radius 2 is 1.31 bits per heavy atom. The molecule has 5 aromatic rings. The highest BCUT2D eigenvalue weighted by Crippen LogP contribution is 2.67. The SMILES string of the molecule is CC1C=C(c2cccc(C3N=C(c4ccccc4)NC(c4ccccc4)=N3)c2)C2=C(C1)Oc1ccccc1C21c2ccccc2[C@]2(C)C=CC=CC12. The molecule has 0 fully saturated rings. The van der Waals surface area contributed by atoms with Crippen LogP contribution in [0.3, 0.4) is 0 Å². The van der Waals surface area contributed by atoms with Gasteiger partial charge >= 0.3 is 0 Å². The van der Waals surface area contributed by atoms with Gasteiger partial charge in [-0.25, -0.2) is 9.98 Å². The van der Waals surface area contributed by atoms with Crippen LogP contribution in [0.2, 0.25) is 0 Å². The molecule has 4 heteroatoms. The van der Waals surface area contributed by atoms with Gasteiger partial charge in [0.15, 0.2) is 6.17 Å². The molecule has 0 saturated carbocycles. The highest BCUT2D eigenvalue weighted by atomic mass is 16.5. The maximum absolute atomic E-state index is 6.99. The smallest absolute Gasteiger partial charge is 0.169 e. The lowest BCUT2D eigenvalue weighted by Crippen LogP contribution is -2.44. The molecule has 3 unspecified atom stereocenters. The Balaban J connectivity index is 1.16. The monoisotopic (exact) mass is 673 g/mol. The Morgan fingerprint density at radius 3 is 2.04 bits per heavy atom. The van der Waals surface area contributed by atoms with Crippen LogP contribution in [-0.4, -0.2) is 11.7 Å². The maximum atomic E-state index is 6.99. The van der Waals surface area contributed by atoms with Gasteiger partial charge in [-0.1, -0.05) is 166 Å². The van der Waals surface area contributed by atoms with E-state index in [1.165, 1.54) is 27.8 Å². The summed E-state index contributed by atoms with van der Waals surface area (Å²) in [5.41, 5.74) is 10.2. The summed E-state index contributed by atoms with van der Waals surface area (Å²) in [6.07, 6.45) is 12.3. The molecule has 0 bridgehead atoms. The lowest BCUT2D eigenvalue weighted by molar-refractivity contribution is 0.296. The minimum atomic E-state index is -0.440. The first-order valence-corrected chi connectivity index (χ1v) is 18.4. The second kappa shape index (κ2) is 11.8. The van der Waals surface area contributed by atoms with Gasteiger partial charge in [0, 0.05) is 40.0 Å². The van der Waals surface area contributed by atoms with E-state index in [4.69, 9.17) is 14.7 Å². The molecular weight excluding hydrogens is 635 g/mol. The van der Waals surface area contributed by atoms with Crippen LogP contribution in [0.15, 0.2) is 185 Å². The molecule has 5 aromatic carbocycles. The second-order valence-electron chi connectivity index (χ2n) is 14.8. The number of hydrogen-bond acceptors (Lipinski definition) is 4. The van der Waals surface area contributed by atoms with E-state index in [0.717, 1.165) is 51.9 Å². The van der Waals surface area contributed by atoms with E-state index in [1.54, 1.807) is 0 Å². The van der Waals surface area contributed by atoms with Gasteiger partial charge in [-0.15, -0.1) is 0 Å². The number of benzene rings is 5. The molecule has 0 saturated heterocycles. The number of aliphatic imine (C=N–C) groups is 2. The average Bonchev–Trinajstić information content (AvgIpc) is 3.43. The van der Waals surface area contributed by atoms with Crippen molar-refractivity contribution >= 4 is 17.2 Å². The summed E-state index contributed by atoms with van der Waals surface area (Å²) in [4.78, 5) is 10.4. The summed E-state index contributed by atoms with van der Waals surface area (Å²) in [7, 11) is 0. The summed E-state index contributed by atoms with van der Waals surface area (Å²) < 4.78 is 6.99. The first-order chi connectivity index (χ1) is 25.5. The van der Waals surface area contributed by atoms with Crippen LogP contribution in [0.25, 0.3) is 5.57 Å². The third-order valence-corrected chi connectivity index (χ3v) is 11.7. The van der Waals surface area contributed by atoms with Gasteiger partial charge in [-0.3, -0.25) is 0 Å². The predicted octanol–water partition coefficient (Wildman–Crippen LogP) is 10.3. The van der Waals surface area contributed by atoms with Crippen LogP contribution in [-0.2, 0) is 10.8 Å². The van der Waals surface area contributed by atoms with Gasteiger partial charge in [0.25, 0.3) is 0 Å². The van der Waals surface area contributed by atoms with Crippen molar-refractivity contribution in [2.75, 3.05) is 0 Å². The largest absolute Gasteiger partial charge is 0.461 e. The molecular formula is C48H39N3O. The van der Waals surface area contributed by atoms with Gasteiger partial charge in [0.05, 0.1) is 5.41 Å². The maximum Gasteiger partial charge on any atom is 0.169 e. The standard InChI is InChI=1S/C48H39N3O/c1-31-28-36(34-20-15-21-35(30-34)46-50-44(32-16-5-3-6-17-32)49-45(51-46)33-18-7-4-8-19-33)43-41(29-31)52-40-25-12-11-24-39(40)48(43)38-23-10-9-22-37(38)47(2)27-14-13-26-42(47)48/h3-28,30-31,42,46H,29H2,1-2H3,(H,49,50,51)/t31?,42?,47-,48?/m0/s1. The van der Waals surface area contributed by atoms with Crippen LogP contribution in [0, 0.1) is 11.8 Å². The molecule has 10 rings (SSSR count). The molecule has 2 heterocycles. The first kappa shape index (κ1) is 30.8. The van der Waals surface area contributed by atoms with Crippen molar-refractivity contribution in [3.8, 4) is 5.75 Å². The van der Waals surface area contributed by atoms with Gasteiger partial charge < -0.3 is 10.1 Å². The van der Waals surface area contributed by atoms with Crippen molar-refractivity contribution in [2.24, 2.45) is 21.8 Å². The quantitative estimate of drug-likeness (QED) is 0.206. The minimum Gasteiger partial charge on any atom is -0.461 e. The zero-order valence-electron chi connectivity index (χ0n) is 29.3. The Kier molecular flexibility index (Phi) is 6.98. The van der Waals surface area contributed by atoms with Crippen LogP contribution < -0.4 is 10.1 Å². The number of fused-ring (bicyclic) bond motifs is 8. The fourth-order valence-corrected chi connectivity index (χ4v) is 9.49. The summed E-state index contributed by atoms with van der Waals surface area (Å²) in [5.74, 6) is 4.13. The van der Waals surface area contributed by atoms with E-state index in [2.05, 4.69) is 171 Å². The number of nitrogens with one attached hydrogen (secondary N) is 1. The van der Waals surface area contributed by atoms with Gasteiger partial charge in [-0.05, 0) is 45.9 Å². The molecule has 252 valence electrons. The lowest BCUT2D eigenvalue weighted by atomic mass is 9.56. The normalized spacial score (nSPS) is 25.5. The van der Waals surface area contributed by atoms with E-state index in [1.807, 2.05) is 12.1 Å². The number of ether oxygens (including phenoxy) is 1. The zero-order valence-corrected chi connectivity index (χ0v) is 29.3. The fourth-order valence-electron chi connectivity index (χ4n) is 9.49. The van der Waals surface area contributed by atoms with Crippen LogP contribution >= 0.6 is 0 Å². The summed E-state index contributed by atoms with van der Waals surface area (Å²) in [6.45, 7) is 4.72. The molecule has 3 aliphatic carbocycles. The molecule has 4 nitrogen and oxygen atoms in total. The van der Waals surface area contributed by atoms with Crippen molar-refractivity contribution in [3.63, 3.8) is 0 Å². The minimum absolute atomic E-state index is 0.165. The number of rotatable bonds is 4. The number of amidine groups is 2. The summed E-state index contributed by atoms with van der Waals surface area (Å²) in [6, 6.07) is 47.4. The summed E-state index contributed by atoms with van der Waals surface area (Å²) in [5, 5.41) is 3.54. The van der Waals surface area contributed by atoms with Crippen molar-refractivity contribution in [1.29, 1.82) is 0 Å². The van der Waals surface area contributed by atoms with E-state index in [0.29, 0.717) is 5.92 Å². The average molecular weight is 674 g/mol. The van der Waals surface area contributed by atoms with E-state index < -0.39 is 11.6 Å². The molecule has 5 aliphatic rings. The van der Waals surface area contributed by atoms with Gasteiger partial charge in [0.2, 0.25) is 0 Å². The van der Waals surface area contributed by atoms with Gasteiger partial charge in [-0.2, -0.15) is 0 Å². The van der Waals surface area contributed by atoms with Crippen molar-refractivity contribution in [3.05, 3.63) is 214 Å². The predicted molar refractivity (Wildman–Crippen MR) is 210 cm³/mol. The molecule has 0 amide bonds. The highest BCUT2D eigenvalue weighted by molar-refractivity contribution is 6.15. The number of hydrogen-bond donors (Lipinski definition) is 1. The number of para-hydroxylation sites is 1. The molecule has 2 aliphatic heterocycles. The van der Waals surface area contributed by atoms with Crippen molar-refractivity contribution < 1.29 is 4.74 Å². The van der Waals surface area contributed by atoms with Crippen LogP contribution in [0.1, 0.15) is 65.4 Å². The van der Waals surface area contributed by atoms with E-state index in [9.17, 15) is 0 Å². The molecule has 1 N–H and O–H groups in total. The molecule has 4 atom stereocenters. The number of nitrogens with zero attached hydrogens (tertiary/aromatic N) is 2. The summed E-state index contributed by atoms with van der Waals surface area (Å²) >= 11 is 0. The second-order valence-corrected chi connectivity index (χ2v) is 14.8. The van der Waals surface area contributed by atoms with Crippen molar-refractivity contribution in [1.82, 2.24) is 5.32 Å². The number of allylic oxidation sites excluding steroid dienone is 8. The molecule has 52 heavy (non-hydrogen) atoms. The van der Waals surface area contributed by atoms with Crippen molar-refractivity contribution in [2.45, 2.75) is 37.3 Å². The molecule has 1 spiro atoms. The highest BCUT2D eigenvalue weighted by Gasteiger charge is 2.62. The van der Waals surface area contributed by atoms with E-state index in [-0.39, 0.29) is 11.3 Å². The Hall–Kier alpha value is -6.00. The van der Waals surface area contributed by atoms with E-state index >= 15 is 0 Å². The Labute approximate surface area is 305 Å². The zero-order chi connectivity index (χ0) is 34.9. The lowest BCUT2D eigenvalue weighted by Gasteiger charge is -2.48. The van der Waals surface area contributed by atoms with Crippen LogP contribution in [0.4, 0.5) is 0 Å². The Morgan fingerprint density at radius 1 is 0.673 bits per heavy atom. The fraction of sp³-hybridized carbons (Fsp3) is 0.167. The molecule has 0 aromatic heterocycles. The first-order valence-electron chi connectivity index (χ1n) is 18.4. The topological polar surface area (TPSA) is 46.0 Å². The Bertz CT molecular complexity index is 2380. The molecule has 0 radical (unpaired) electrons. The third-order valence-electron chi connectivity index (χ3n) is 11.7.